The first-order valence-corrected chi connectivity index (χ1v) is 5.47. The number of rotatable bonds is 1. The molecule has 0 saturated carbocycles. The van der Waals surface area contributed by atoms with Gasteiger partial charge in [-0.15, -0.1) is 0 Å². The molecule has 0 radical (unpaired) electrons. The van der Waals surface area contributed by atoms with E-state index in [9.17, 15) is 31.1 Å². The van der Waals surface area contributed by atoms with Crippen molar-refractivity contribution in [1.82, 2.24) is 0 Å². The van der Waals surface area contributed by atoms with E-state index >= 15 is 0 Å². The molecule has 0 aliphatic heterocycles. The minimum atomic E-state index is -5.08. The zero-order valence-electron chi connectivity index (χ0n) is 11.7. The Balaban J connectivity index is 0. The van der Waals surface area contributed by atoms with E-state index in [2.05, 4.69) is 4.74 Å². The summed E-state index contributed by atoms with van der Waals surface area (Å²) in [5.74, 6) is -5.80. The summed E-state index contributed by atoms with van der Waals surface area (Å²) in [7, 11) is 1.37. The number of esters is 1. The van der Waals surface area contributed by atoms with E-state index < -0.39 is 24.3 Å². The number of carbonyl (C=O) groups excluding carboxylic acids is 1. The lowest BCUT2D eigenvalue weighted by molar-refractivity contribution is -0.193. The molecule has 0 aliphatic carbocycles. The van der Waals surface area contributed by atoms with Crippen LogP contribution in [0, 0.1) is 0 Å². The Morgan fingerprint density at radius 2 is 1.12 bits per heavy atom. The Labute approximate surface area is 130 Å². The number of carboxylic acids is 2. The number of halogens is 6. The van der Waals surface area contributed by atoms with Gasteiger partial charge in [0.2, 0.25) is 0 Å². The number of hydrogen-bond acceptors (Lipinski definition) is 4. The van der Waals surface area contributed by atoms with Crippen molar-refractivity contribution in [2.45, 2.75) is 12.4 Å². The van der Waals surface area contributed by atoms with Crippen LogP contribution in [0.15, 0.2) is 30.3 Å². The maximum atomic E-state index is 10.8. The van der Waals surface area contributed by atoms with Crippen LogP contribution in [0.4, 0.5) is 26.3 Å². The second-order valence-corrected chi connectivity index (χ2v) is 3.46. The second kappa shape index (κ2) is 10.1. The number of hydrogen-bond donors (Lipinski definition) is 2. The molecule has 0 aliphatic rings. The molecule has 1 aromatic rings. The summed E-state index contributed by atoms with van der Waals surface area (Å²) in [6.45, 7) is 0. The Bertz CT molecular complexity index is 513. The summed E-state index contributed by atoms with van der Waals surface area (Å²) in [5.41, 5.74) is 0.588. The van der Waals surface area contributed by atoms with Gasteiger partial charge < -0.3 is 14.9 Å². The van der Waals surface area contributed by atoms with Crippen LogP contribution < -0.4 is 0 Å². The third-order valence-electron chi connectivity index (χ3n) is 1.68. The lowest BCUT2D eigenvalue weighted by atomic mass is 10.2. The number of ether oxygens (including phenoxy) is 1. The van der Waals surface area contributed by atoms with E-state index in [4.69, 9.17) is 19.8 Å². The van der Waals surface area contributed by atoms with Gasteiger partial charge in [0.1, 0.15) is 0 Å². The van der Waals surface area contributed by atoms with Gasteiger partial charge >= 0.3 is 30.3 Å². The minimum Gasteiger partial charge on any atom is -0.475 e. The van der Waals surface area contributed by atoms with Crippen molar-refractivity contribution in [3.05, 3.63) is 35.9 Å². The maximum Gasteiger partial charge on any atom is 0.490 e. The van der Waals surface area contributed by atoms with Gasteiger partial charge in [0.25, 0.3) is 0 Å². The number of benzene rings is 1. The maximum absolute atomic E-state index is 10.8. The van der Waals surface area contributed by atoms with Crippen LogP contribution in [-0.2, 0) is 14.3 Å². The van der Waals surface area contributed by atoms with Crippen LogP contribution in [0.5, 0.6) is 0 Å². The van der Waals surface area contributed by atoms with Crippen LogP contribution in [0.2, 0.25) is 0 Å². The molecule has 24 heavy (non-hydrogen) atoms. The number of alkyl halides is 6. The predicted molar refractivity (Wildman–Crippen MR) is 65.2 cm³/mol. The van der Waals surface area contributed by atoms with Crippen molar-refractivity contribution in [1.29, 1.82) is 0 Å². The molecule has 2 N–H and O–H groups in total. The molecule has 0 atom stereocenters. The molecule has 0 saturated heterocycles. The molecule has 1 rings (SSSR count). The Morgan fingerprint density at radius 3 is 1.33 bits per heavy atom. The highest BCUT2D eigenvalue weighted by atomic mass is 19.4. The molecule has 0 bridgehead atoms. The zero-order chi connectivity index (χ0) is 19.6. The molecule has 136 valence electrons. The highest BCUT2D eigenvalue weighted by Crippen LogP contribution is 2.13. The van der Waals surface area contributed by atoms with Gasteiger partial charge in [-0.2, -0.15) is 26.3 Å². The quantitative estimate of drug-likeness (QED) is 0.587. The third-order valence-corrected chi connectivity index (χ3v) is 1.68. The average molecular weight is 364 g/mol. The molecule has 0 fully saturated rings. The summed E-state index contributed by atoms with van der Waals surface area (Å²) < 4.78 is 68.0. The molecule has 1 aromatic carbocycles. The fourth-order valence-electron chi connectivity index (χ4n) is 0.692. The van der Waals surface area contributed by atoms with Gasteiger partial charge in [-0.3, -0.25) is 0 Å². The number of carboxylic acid groups (broad SMARTS) is 2. The molecule has 0 aromatic heterocycles. The van der Waals surface area contributed by atoms with Crippen LogP contribution in [0.1, 0.15) is 10.4 Å². The summed E-state index contributed by atoms with van der Waals surface area (Å²) in [6, 6.07) is 8.88. The van der Waals surface area contributed by atoms with Crippen molar-refractivity contribution in [2.24, 2.45) is 0 Å². The summed E-state index contributed by atoms with van der Waals surface area (Å²) >= 11 is 0. The van der Waals surface area contributed by atoms with Gasteiger partial charge in [-0.25, -0.2) is 14.4 Å². The van der Waals surface area contributed by atoms with Crippen molar-refractivity contribution in [2.75, 3.05) is 7.11 Å². The molecular weight excluding hydrogens is 354 g/mol. The summed E-state index contributed by atoms with van der Waals surface area (Å²) in [6.07, 6.45) is -10.2. The Hall–Kier alpha value is -2.79. The minimum absolute atomic E-state index is 0.291. The van der Waals surface area contributed by atoms with Crippen LogP contribution in [0.25, 0.3) is 0 Å². The van der Waals surface area contributed by atoms with Gasteiger partial charge in [-0.1, -0.05) is 18.2 Å². The number of methoxy groups -OCH3 is 1. The topological polar surface area (TPSA) is 101 Å². The first kappa shape index (κ1) is 23.5. The Kier molecular flexibility index (Phi) is 9.85. The van der Waals surface area contributed by atoms with E-state index in [0.29, 0.717) is 5.56 Å². The lowest BCUT2D eigenvalue weighted by Crippen LogP contribution is -2.21. The van der Waals surface area contributed by atoms with Crippen molar-refractivity contribution >= 4 is 17.9 Å². The van der Waals surface area contributed by atoms with E-state index in [-0.39, 0.29) is 5.97 Å². The highest BCUT2D eigenvalue weighted by molar-refractivity contribution is 5.89. The molecule has 12 heteroatoms. The zero-order valence-corrected chi connectivity index (χ0v) is 11.7. The second-order valence-electron chi connectivity index (χ2n) is 3.46. The summed E-state index contributed by atoms with van der Waals surface area (Å²) in [5, 5.41) is 14.2. The van der Waals surface area contributed by atoms with E-state index in [1.807, 2.05) is 6.07 Å². The van der Waals surface area contributed by atoms with Crippen molar-refractivity contribution in [3.8, 4) is 0 Å². The lowest BCUT2D eigenvalue weighted by Gasteiger charge is -1.95. The normalized spacial score (nSPS) is 10.3. The van der Waals surface area contributed by atoms with E-state index in [0.717, 1.165) is 0 Å². The standard InChI is InChI=1S/C8H8O2.2C2HF3O2/c1-10-8(9)7-5-3-2-4-6-7;2*3-2(4,5)1(6)7/h2-6H,1H3;2*(H,6,7). The van der Waals surface area contributed by atoms with Crippen molar-refractivity contribution in [3.63, 3.8) is 0 Å². The van der Waals surface area contributed by atoms with Crippen molar-refractivity contribution < 1.29 is 55.7 Å². The number of carbonyl (C=O) groups is 3. The molecule has 6 nitrogen and oxygen atoms in total. The van der Waals surface area contributed by atoms with Gasteiger partial charge in [0.15, 0.2) is 0 Å². The molecule has 0 unspecified atom stereocenters. The van der Waals surface area contributed by atoms with Crippen LogP contribution in [0.3, 0.4) is 0 Å². The van der Waals surface area contributed by atoms with Gasteiger partial charge in [-0.05, 0) is 12.1 Å². The van der Waals surface area contributed by atoms with E-state index in [1.165, 1.54) is 7.11 Å². The van der Waals surface area contributed by atoms with Crippen LogP contribution >= 0.6 is 0 Å². The van der Waals surface area contributed by atoms with Crippen LogP contribution in [-0.4, -0.2) is 47.6 Å². The molecular formula is C12H10F6O6. The Morgan fingerprint density at radius 1 is 0.833 bits per heavy atom. The molecule has 0 amide bonds. The number of aliphatic carboxylic acids is 2. The average Bonchev–Trinajstić information content (AvgIpc) is 2.46. The largest absolute Gasteiger partial charge is 0.490 e. The SMILES string of the molecule is COC(=O)c1ccccc1.O=C(O)C(F)(F)F.O=C(O)C(F)(F)F. The van der Waals surface area contributed by atoms with Gasteiger partial charge in [0.05, 0.1) is 12.7 Å². The highest BCUT2D eigenvalue weighted by Gasteiger charge is 2.38. The smallest absolute Gasteiger partial charge is 0.475 e. The fraction of sp³-hybridized carbons (Fsp3) is 0.250. The summed E-state index contributed by atoms with van der Waals surface area (Å²) in [4.78, 5) is 28.6. The molecule has 0 heterocycles. The predicted octanol–water partition coefficient (Wildman–Crippen LogP) is 2.74. The van der Waals surface area contributed by atoms with E-state index in [1.54, 1.807) is 24.3 Å². The first-order valence-electron chi connectivity index (χ1n) is 5.47. The fourth-order valence-corrected chi connectivity index (χ4v) is 0.692. The molecule has 0 spiro atoms. The monoisotopic (exact) mass is 364 g/mol. The first-order chi connectivity index (χ1) is 10.7. The third kappa shape index (κ3) is 11.8. The van der Waals surface area contributed by atoms with Gasteiger partial charge in [0, 0.05) is 0 Å².